The molecule has 0 saturated heterocycles. The minimum absolute atomic E-state index is 0.0774. The molecular weight excluding hydrogens is 476 g/mol. The van der Waals surface area contributed by atoms with E-state index in [2.05, 4.69) is 58.0 Å². The number of nitrogens with zero attached hydrogens (tertiary/aromatic N) is 3. The van der Waals surface area contributed by atoms with Crippen LogP contribution in [0.1, 0.15) is 36.1 Å². The summed E-state index contributed by atoms with van der Waals surface area (Å²) in [7, 11) is 0. The fourth-order valence-electron chi connectivity index (χ4n) is 3.83. The molecule has 2 heterocycles. The van der Waals surface area contributed by atoms with Gasteiger partial charge in [0.1, 0.15) is 0 Å². The van der Waals surface area contributed by atoms with Gasteiger partial charge in [-0.2, -0.15) is 5.10 Å². The van der Waals surface area contributed by atoms with Gasteiger partial charge < -0.3 is 5.32 Å². The van der Waals surface area contributed by atoms with Crippen LogP contribution < -0.4 is 5.32 Å². The number of rotatable bonds is 9. The monoisotopic (exact) mass is 502 g/mol. The molecule has 0 bridgehead atoms. The number of halogens is 1. The molecule has 4 rings (SSSR count). The molecule has 0 saturated carbocycles. The molecule has 0 atom stereocenters. The van der Waals surface area contributed by atoms with E-state index in [1.54, 1.807) is 6.20 Å². The summed E-state index contributed by atoms with van der Waals surface area (Å²) in [5.74, 6) is 0.0774. The van der Waals surface area contributed by atoms with E-state index in [-0.39, 0.29) is 5.91 Å². The molecule has 168 valence electrons. The summed E-state index contributed by atoms with van der Waals surface area (Å²) < 4.78 is 2.67. The van der Waals surface area contributed by atoms with Gasteiger partial charge in [-0.15, -0.1) is 0 Å². The predicted molar refractivity (Wildman–Crippen MR) is 137 cm³/mol. The van der Waals surface area contributed by atoms with Crippen LogP contribution in [0.15, 0.2) is 77.9 Å². The van der Waals surface area contributed by atoms with Crippen LogP contribution in [-0.2, 0) is 11.2 Å². The average molecular weight is 503 g/mol. The number of fused-ring (bicyclic) bond motifs is 1. The van der Waals surface area contributed by atoms with Crippen LogP contribution in [0.5, 0.6) is 0 Å². The van der Waals surface area contributed by atoms with Crippen molar-refractivity contribution in [2.24, 2.45) is 0 Å². The lowest BCUT2D eigenvalue weighted by molar-refractivity contribution is -0.121. The van der Waals surface area contributed by atoms with Crippen molar-refractivity contribution in [3.05, 3.63) is 94.7 Å². The van der Waals surface area contributed by atoms with E-state index in [9.17, 15) is 4.79 Å². The highest BCUT2D eigenvalue weighted by Gasteiger charge is 2.14. The van der Waals surface area contributed by atoms with Gasteiger partial charge in [0.25, 0.3) is 0 Å². The third kappa shape index (κ3) is 5.57. The normalized spacial score (nSPS) is 11.0. The summed E-state index contributed by atoms with van der Waals surface area (Å²) in [6.45, 7) is 7.02. The number of hydrogen-bond donors (Lipinski definition) is 1. The Morgan fingerprint density at radius 1 is 1.09 bits per heavy atom. The van der Waals surface area contributed by atoms with Gasteiger partial charge in [0.2, 0.25) is 5.91 Å². The van der Waals surface area contributed by atoms with Gasteiger partial charge >= 0.3 is 0 Å². The molecule has 0 radical (unpaired) electrons. The van der Waals surface area contributed by atoms with Crippen LogP contribution >= 0.6 is 15.9 Å². The highest BCUT2D eigenvalue weighted by Crippen LogP contribution is 2.29. The molecule has 4 aromatic rings. The number of benzene rings is 2. The van der Waals surface area contributed by atoms with E-state index in [1.165, 1.54) is 11.1 Å². The van der Waals surface area contributed by atoms with E-state index in [0.717, 1.165) is 51.9 Å². The van der Waals surface area contributed by atoms with Gasteiger partial charge in [-0.25, -0.2) is 9.50 Å². The first-order chi connectivity index (χ1) is 16.0. The van der Waals surface area contributed by atoms with Gasteiger partial charge in [0, 0.05) is 18.5 Å². The van der Waals surface area contributed by atoms with Crippen LogP contribution in [0.2, 0.25) is 0 Å². The second-order valence-electron chi connectivity index (χ2n) is 8.11. The minimum Gasteiger partial charge on any atom is -0.356 e. The Hall–Kier alpha value is -3.25. The summed E-state index contributed by atoms with van der Waals surface area (Å²) in [5.41, 5.74) is 6.99. The van der Waals surface area contributed by atoms with E-state index < -0.39 is 0 Å². The van der Waals surface area contributed by atoms with Crippen LogP contribution in [0.4, 0.5) is 0 Å². The highest BCUT2D eigenvalue weighted by atomic mass is 79.9. The maximum Gasteiger partial charge on any atom is 0.220 e. The second-order valence-corrected chi connectivity index (χ2v) is 8.97. The number of carbonyl (C=O) groups excluding carboxylic acids is 1. The zero-order chi connectivity index (χ0) is 23.2. The van der Waals surface area contributed by atoms with Crippen LogP contribution in [0.25, 0.3) is 22.5 Å². The SMILES string of the molecule is C=C(CCCNC(=O)CCc1ccccc1)c1cc(-c2ccccc2C)nc2c(Br)cnn12. The summed E-state index contributed by atoms with van der Waals surface area (Å²) in [6, 6.07) is 20.3. The third-order valence-electron chi connectivity index (χ3n) is 5.67. The largest absolute Gasteiger partial charge is 0.356 e. The Morgan fingerprint density at radius 3 is 2.64 bits per heavy atom. The van der Waals surface area contributed by atoms with Crippen LogP contribution in [0.3, 0.4) is 0 Å². The number of aryl methyl sites for hydroxylation is 2. The molecule has 33 heavy (non-hydrogen) atoms. The Bertz CT molecular complexity index is 1280. The van der Waals surface area contributed by atoms with Gasteiger partial charge in [0.15, 0.2) is 5.65 Å². The van der Waals surface area contributed by atoms with E-state index in [4.69, 9.17) is 4.98 Å². The molecular formula is C27H27BrN4O. The number of allylic oxidation sites excluding steroid dienone is 1. The first-order valence-corrected chi connectivity index (χ1v) is 11.9. The fourth-order valence-corrected chi connectivity index (χ4v) is 4.18. The summed E-state index contributed by atoms with van der Waals surface area (Å²) >= 11 is 3.56. The Morgan fingerprint density at radius 2 is 1.85 bits per heavy atom. The van der Waals surface area contributed by atoms with Crippen molar-refractivity contribution in [2.45, 2.75) is 32.6 Å². The van der Waals surface area contributed by atoms with Gasteiger partial charge in [-0.05, 0) is 64.9 Å². The van der Waals surface area contributed by atoms with Crippen LogP contribution in [0, 0.1) is 6.92 Å². The number of nitrogens with one attached hydrogen (secondary N) is 1. The molecule has 0 unspecified atom stereocenters. The zero-order valence-electron chi connectivity index (χ0n) is 18.7. The highest BCUT2D eigenvalue weighted by molar-refractivity contribution is 9.10. The van der Waals surface area contributed by atoms with Crippen molar-refractivity contribution in [3.63, 3.8) is 0 Å². The van der Waals surface area contributed by atoms with Crippen molar-refractivity contribution in [1.29, 1.82) is 0 Å². The first-order valence-electron chi connectivity index (χ1n) is 11.1. The average Bonchev–Trinajstić information content (AvgIpc) is 3.21. The minimum atomic E-state index is 0.0774. The summed E-state index contributed by atoms with van der Waals surface area (Å²) in [5, 5.41) is 7.51. The lowest BCUT2D eigenvalue weighted by Gasteiger charge is -2.12. The van der Waals surface area contributed by atoms with E-state index in [1.807, 2.05) is 47.0 Å². The van der Waals surface area contributed by atoms with E-state index in [0.29, 0.717) is 13.0 Å². The summed E-state index contributed by atoms with van der Waals surface area (Å²) in [4.78, 5) is 17.0. The molecule has 0 aliphatic rings. The Labute approximate surface area is 202 Å². The number of amides is 1. The Kier molecular flexibility index (Phi) is 7.35. The quantitative estimate of drug-likeness (QED) is 0.285. The molecule has 0 aliphatic heterocycles. The molecule has 1 amide bonds. The molecule has 2 aromatic carbocycles. The third-order valence-corrected chi connectivity index (χ3v) is 6.23. The maximum absolute atomic E-state index is 12.2. The lowest BCUT2D eigenvalue weighted by atomic mass is 10.0. The molecule has 0 spiro atoms. The number of hydrogen-bond acceptors (Lipinski definition) is 3. The molecule has 0 fully saturated rings. The molecule has 2 aromatic heterocycles. The van der Waals surface area contributed by atoms with Crippen molar-refractivity contribution >= 4 is 33.1 Å². The van der Waals surface area contributed by atoms with Crippen molar-refractivity contribution in [1.82, 2.24) is 19.9 Å². The van der Waals surface area contributed by atoms with Crippen molar-refractivity contribution < 1.29 is 4.79 Å². The number of aromatic nitrogens is 3. The molecule has 6 heteroatoms. The predicted octanol–water partition coefficient (Wildman–Crippen LogP) is 6.01. The standard InChI is InChI=1S/C27H27BrN4O/c1-19-9-6-7-13-22(19)24-17-25(32-27(31-24)23(28)18-30-32)20(2)10-8-16-29-26(33)15-14-21-11-4-3-5-12-21/h3-7,9,11-13,17-18H,2,8,10,14-16H2,1H3,(H,29,33). The first kappa shape index (κ1) is 22.9. The Balaban J connectivity index is 1.39. The maximum atomic E-state index is 12.2. The fraction of sp³-hybridized carbons (Fsp3) is 0.222. The van der Waals surface area contributed by atoms with Crippen molar-refractivity contribution in [2.75, 3.05) is 6.54 Å². The lowest BCUT2D eigenvalue weighted by Crippen LogP contribution is -2.24. The second kappa shape index (κ2) is 10.6. The zero-order valence-corrected chi connectivity index (χ0v) is 20.3. The molecule has 1 N–H and O–H groups in total. The topological polar surface area (TPSA) is 59.3 Å². The van der Waals surface area contributed by atoms with Gasteiger partial charge in [0.05, 0.1) is 22.1 Å². The summed E-state index contributed by atoms with van der Waals surface area (Å²) in [6.07, 6.45) is 4.57. The molecule has 5 nitrogen and oxygen atoms in total. The van der Waals surface area contributed by atoms with Crippen LogP contribution in [-0.4, -0.2) is 27.0 Å². The van der Waals surface area contributed by atoms with Gasteiger partial charge in [-0.3, -0.25) is 4.79 Å². The number of carbonyl (C=O) groups is 1. The molecule has 0 aliphatic carbocycles. The van der Waals surface area contributed by atoms with E-state index >= 15 is 0 Å². The van der Waals surface area contributed by atoms with Gasteiger partial charge in [-0.1, -0.05) is 61.2 Å². The smallest absolute Gasteiger partial charge is 0.220 e. The van der Waals surface area contributed by atoms with Crippen molar-refractivity contribution in [3.8, 4) is 11.3 Å².